The molecule has 0 N–H and O–H groups in total. The second kappa shape index (κ2) is 7.43. The molecule has 0 radical (unpaired) electrons. The first-order valence-corrected chi connectivity index (χ1v) is 9.53. The van der Waals surface area contributed by atoms with E-state index in [0.29, 0.717) is 12.5 Å². The Morgan fingerprint density at radius 2 is 1.82 bits per heavy atom. The minimum absolute atomic E-state index is 0.494. The molecule has 0 unspecified atom stereocenters. The van der Waals surface area contributed by atoms with Crippen molar-refractivity contribution < 1.29 is 4.74 Å². The van der Waals surface area contributed by atoms with Gasteiger partial charge in [0.2, 0.25) is 0 Å². The lowest BCUT2D eigenvalue weighted by Crippen LogP contribution is -2.04. The summed E-state index contributed by atoms with van der Waals surface area (Å²) in [4.78, 5) is 8.90. The molecule has 0 saturated carbocycles. The highest BCUT2D eigenvalue weighted by Gasteiger charge is 2.18. The highest BCUT2D eigenvalue weighted by molar-refractivity contribution is 5.91. The number of nitrogens with zero attached hydrogens (tertiary/aromatic N) is 4. The van der Waals surface area contributed by atoms with E-state index >= 15 is 0 Å². The summed E-state index contributed by atoms with van der Waals surface area (Å²) in [5.74, 6) is 2.11. The molecule has 142 valence electrons. The summed E-state index contributed by atoms with van der Waals surface area (Å²) >= 11 is 0. The maximum Gasteiger partial charge on any atom is 0.125 e. The Kier molecular flexibility index (Phi) is 4.82. The van der Waals surface area contributed by atoms with Crippen LogP contribution in [0.1, 0.15) is 25.2 Å². The molecule has 0 saturated heterocycles. The van der Waals surface area contributed by atoms with E-state index in [0.717, 1.165) is 39.6 Å². The zero-order valence-corrected chi connectivity index (χ0v) is 16.7. The number of benzene rings is 1. The number of hydrogen-bond donors (Lipinski definition) is 0. The summed E-state index contributed by atoms with van der Waals surface area (Å²) in [6, 6.07) is 14.3. The number of ether oxygens (including phenoxy) is 1. The van der Waals surface area contributed by atoms with Crippen LogP contribution in [0.15, 0.2) is 54.9 Å². The van der Waals surface area contributed by atoms with Crippen LogP contribution >= 0.6 is 0 Å². The summed E-state index contributed by atoms with van der Waals surface area (Å²) in [5.41, 5.74) is 6.05. The third-order valence-corrected chi connectivity index (χ3v) is 4.53. The van der Waals surface area contributed by atoms with Crippen LogP contribution in [0.5, 0.6) is 5.75 Å². The first kappa shape index (κ1) is 18.2. The van der Waals surface area contributed by atoms with Gasteiger partial charge in [0.25, 0.3) is 0 Å². The highest BCUT2D eigenvalue weighted by Crippen LogP contribution is 2.35. The standard InChI is InChI=1S/C23H24N4O/c1-15(2)14-28-19-7-5-18(6-8-19)23-22(20-9-11-24-17(4)25-20)21-13-16(3)10-12-27(21)26-23/h5-13,15H,14H2,1-4H3. The summed E-state index contributed by atoms with van der Waals surface area (Å²) in [7, 11) is 0. The van der Waals surface area contributed by atoms with Gasteiger partial charge in [0, 0.05) is 18.0 Å². The first-order chi connectivity index (χ1) is 13.5. The van der Waals surface area contributed by atoms with E-state index in [1.807, 2.05) is 35.8 Å². The Bertz CT molecular complexity index is 1110. The number of aromatic nitrogens is 4. The van der Waals surface area contributed by atoms with Crippen molar-refractivity contribution in [2.24, 2.45) is 5.92 Å². The molecule has 0 aliphatic carbocycles. The van der Waals surface area contributed by atoms with E-state index in [4.69, 9.17) is 9.84 Å². The largest absolute Gasteiger partial charge is 0.493 e. The van der Waals surface area contributed by atoms with Crippen LogP contribution in [0.4, 0.5) is 0 Å². The Morgan fingerprint density at radius 3 is 2.54 bits per heavy atom. The van der Waals surface area contributed by atoms with Gasteiger partial charge < -0.3 is 4.74 Å². The van der Waals surface area contributed by atoms with Gasteiger partial charge in [-0.15, -0.1) is 0 Å². The normalized spacial score (nSPS) is 11.3. The molecule has 3 aromatic heterocycles. The van der Waals surface area contributed by atoms with Gasteiger partial charge >= 0.3 is 0 Å². The Labute approximate surface area is 165 Å². The molecule has 28 heavy (non-hydrogen) atoms. The van der Waals surface area contributed by atoms with Gasteiger partial charge in [-0.05, 0) is 67.8 Å². The Hall–Kier alpha value is -3.21. The van der Waals surface area contributed by atoms with Crippen molar-refractivity contribution in [2.75, 3.05) is 6.61 Å². The molecule has 0 spiro atoms. The molecule has 0 aliphatic heterocycles. The average Bonchev–Trinajstić information content (AvgIpc) is 3.05. The van der Waals surface area contributed by atoms with Gasteiger partial charge in [-0.25, -0.2) is 14.5 Å². The zero-order chi connectivity index (χ0) is 19.7. The first-order valence-electron chi connectivity index (χ1n) is 9.53. The van der Waals surface area contributed by atoms with Gasteiger partial charge in [-0.1, -0.05) is 13.8 Å². The summed E-state index contributed by atoms with van der Waals surface area (Å²) in [6.45, 7) is 8.98. The summed E-state index contributed by atoms with van der Waals surface area (Å²) in [6.07, 6.45) is 3.79. The maximum atomic E-state index is 5.82. The van der Waals surface area contributed by atoms with E-state index in [-0.39, 0.29) is 0 Å². The number of fused-ring (bicyclic) bond motifs is 1. The van der Waals surface area contributed by atoms with E-state index in [1.165, 1.54) is 5.56 Å². The van der Waals surface area contributed by atoms with Crippen LogP contribution in [-0.4, -0.2) is 26.2 Å². The lowest BCUT2D eigenvalue weighted by atomic mass is 10.0. The quantitative estimate of drug-likeness (QED) is 0.488. The minimum atomic E-state index is 0.494. The van der Waals surface area contributed by atoms with Gasteiger partial charge in [-0.2, -0.15) is 5.10 Å². The van der Waals surface area contributed by atoms with Crippen LogP contribution in [0.2, 0.25) is 0 Å². The second-order valence-electron chi connectivity index (χ2n) is 7.48. The van der Waals surface area contributed by atoms with Crippen molar-refractivity contribution >= 4 is 5.52 Å². The van der Waals surface area contributed by atoms with Crippen molar-refractivity contribution in [2.45, 2.75) is 27.7 Å². The monoisotopic (exact) mass is 372 g/mol. The second-order valence-corrected chi connectivity index (χ2v) is 7.48. The lowest BCUT2D eigenvalue weighted by Gasteiger charge is -2.09. The fourth-order valence-corrected chi connectivity index (χ4v) is 3.17. The molecule has 3 heterocycles. The van der Waals surface area contributed by atoms with E-state index < -0.39 is 0 Å². The van der Waals surface area contributed by atoms with Crippen molar-refractivity contribution in [1.82, 2.24) is 19.6 Å². The van der Waals surface area contributed by atoms with E-state index in [9.17, 15) is 0 Å². The van der Waals surface area contributed by atoms with Crippen molar-refractivity contribution in [3.05, 3.63) is 66.2 Å². The molecule has 4 rings (SSSR count). The SMILES string of the molecule is Cc1ccn2nc(-c3ccc(OCC(C)C)cc3)c(-c3ccnc(C)n3)c2c1. The fourth-order valence-electron chi connectivity index (χ4n) is 3.17. The molecule has 4 aromatic rings. The average molecular weight is 372 g/mol. The molecule has 0 aliphatic rings. The van der Waals surface area contributed by atoms with Gasteiger partial charge in [0.15, 0.2) is 0 Å². The fraction of sp³-hybridized carbons (Fsp3) is 0.261. The number of hydrogen-bond acceptors (Lipinski definition) is 4. The van der Waals surface area contributed by atoms with Gasteiger partial charge in [0.05, 0.1) is 23.4 Å². The number of aryl methyl sites for hydroxylation is 2. The highest BCUT2D eigenvalue weighted by atomic mass is 16.5. The molecule has 0 fully saturated rings. The summed E-state index contributed by atoms with van der Waals surface area (Å²) in [5, 5.41) is 4.85. The van der Waals surface area contributed by atoms with Crippen molar-refractivity contribution in [1.29, 1.82) is 0 Å². The van der Waals surface area contributed by atoms with E-state index in [1.54, 1.807) is 6.20 Å². The van der Waals surface area contributed by atoms with Crippen molar-refractivity contribution in [3.63, 3.8) is 0 Å². The number of pyridine rings is 1. The third-order valence-electron chi connectivity index (χ3n) is 4.53. The Balaban J connectivity index is 1.83. The zero-order valence-electron chi connectivity index (χ0n) is 16.7. The van der Waals surface area contributed by atoms with Crippen LogP contribution in [0.3, 0.4) is 0 Å². The third kappa shape index (κ3) is 3.60. The molecular formula is C23H24N4O. The van der Waals surface area contributed by atoms with Gasteiger partial charge in [-0.3, -0.25) is 0 Å². The molecule has 0 amide bonds. The molecule has 0 bridgehead atoms. The maximum absolute atomic E-state index is 5.82. The van der Waals surface area contributed by atoms with Crippen molar-refractivity contribution in [3.8, 4) is 28.3 Å². The molecule has 5 heteroatoms. The molecular weight excluding hydrogens is 348 g/mol. The van der Waals surface area contributed by atoms with Crippen LogP contribution < -0.4 is 4.74 Å². The van der Waals surface area contributed by atoms with Gasteiger partial charge in [0.1, 0.15) is 17.3 Å². The smallest absolute Gasteiger partial charge is 0.125 e. The molecule has 0 atom stereocenters. The Morgan fingerprint density at radius 1 is 1.04 bits per heavy atom. The van der Waals surface area contributed by atoms with E-state index in [2.05, 4.69) is 55.0 Å². The van der Waals surface area contributed by atoms with Crippen LogP contribution in [-0.2, 0) is 0 Å². The topological polar surface area (TPSA) is 52.3 Å². The molecule has 5 nitrogen and oxygen atoms in total. The lowest BCUT2D eigenvalue weighted by molar-refractivity contribution is 0.271. The number of rotatable bonds is 5. The molecule has 1 aromatic carbocycles. The van der Waals surface area contributed by atoms with Crippen LogP contribution in [0, 0.1) is 19.8 Å². The summed E-state index contributed by atoms with van der Waals surface area (Å²) < 4.78 is 7.73. The predicted octanol–water partition coefficient (Wildman–Crippen LogP) is 5.11. The minimum Gasteiger partial charge on any atom is -0.493 e. The predicted molar refractivity (Wildman–Crippen MR) is 111 cm³/mol. The van der Waals surface area contributed by atoms with Crippen LogP contribution in [0.25, 0.3) is 28.0 Å².